The molecule has 0 atom stereocenters. The Kier molecular flexibility index (Phi) is 4.45. The summed E-state index contributed by atoms with van der Waals surface area (Å²) in [6.07, 6.45) is 1.58. The Bertz CT molecular complexity index is 1350. The Hall–Kier alpha value is -3.65. The SMILES string of the molecule is O=c1c2ccccc2oc2cc(Cc3ccccc3)c(Cc3ccccc3)cc12. The molecule has 0 saturated carbocycles. The zero-order chi connectivity index (χ0) is 19.6. The number of hydrogen-bond donors (Lipinski definition) is 0. The average molecular weight is 376 g/mol. The maximum atomic E-state index is 13.1. The molecule has 0 saturated heterocycles. The minimum atomic E-state index is 0.0300. The summed E-state index contributed by atoms with van der Waals surface area (Å²) >= 11 is 0. The minimum absolute atomic E-state index is 0.0300. The average Bonchev–Trinajstić information content (AvgIpc) is 2.76. The summed E-state index contributed by atoms with van der Waals surface area (Å²) in [6, 6.07) is 32.3. The number of hydrogen-bond acceptors (Lipinski definition) is 2. The van der Waals surface area contributed by atoms with Crippen LogP contribution in [0.25, 0.3) is 21.9 Å². The normalized spacial score (nSPS) is 11.2. The van der Waals surface area contributed by atoms with Crippen LogP contribution in [-0.4, -0.2) is 0 Å². The second kappa shape index (κ2) is 7.40. The van der Waals surface area contributed by atoms with Crippen molar-refractivity contribution in [2.45, 2.75) is 12.8 Å². The first-order valence-electron chi connectivity index (χ1n) is 9.83. The summed E-state index contributed by atoms with van der Waals surface area (Å²) in [5.41, 5.74) is 6.13. The number of fused-ring (bicyclic) bond motifs is 2. The number of rotatable bonds is 4. The number of para-hydroxylation sites is 1. The lowest BCUT2D eigenvalue weighted by Gasteiger charge is -2.12. The molecule has 1 heterocycles. The Balaban J connectivity index is 1.71. The quantitative estimate of drug-likeness (QED) is 0.353. The Morgan fingerprint density at radius 3 is 1.76 bits per heavy atom. The molecule has 4 aromatic carbocycles. The van der Waals surface area contributed by atoms with Crippen LogP contribution in [0.5, 0.6) is 0 Å². The summed E-state index contributed by atoms with van der Waals surface area (Å²) in [7, 11) is 0. The summed E-state index contributed by atoms with van der Waals surface area (Å²) in [5, 5.41) is 1.27. The van der Waals surface area contributed by atoms with E-state index < -0.39 is 0 Å². The first-order chi connectivity index (χ1) is 14.3. The Morgan fingerprint density at radius 1 is 0.552 bits per heavy atom. The molecule has 0 aliphatic heterocycles. The zero-order valence-corrected chi connectivity index (χ0v) is 16.0. The van der Waals surface area contributed by atoms with E-state index in [1.807, 2.05) is 42.5 Å². The topological polar surface area (TPSA) is 30.2 Å². The van der Waals surface area contributed by atoms with E-state index in [1.54, 1.807) is 0 Å². The molecule has 29 heavy (non-hydrogen) atoms. The molecule has 0 aliphatic carbocycles. The lowest BCUT2D eigenvalue weighted by Crippen LogP contribution is -2.05. The van der Waals surface area contributed by atoms with Crippen molar-refractivity contribution in [1.82, 2.24) is 0 Å². The smallest absolute Gasteiger partial charge is 0.200 e. The molecule has 0 aliphatic rings. The summed E-state index contributed by atoms with van der Waals surface area (Å²) in [4.78, 5) is 13.1. The van der Waals surface area contributed by atoms with Crippen molar-refractivity contribution in [2.75, 3.05) is 0 Å². The predicted octanol–water partition coefficient (Wildman–Crippen LogP) is 6.13. The van der Waals surface area contributed by atoms with Gasteiger partial charge in [-0.15, -0.1) is 0 Å². The van der Waals surface area contributed by atoms with Crippen LogP contribution in [0.3, 0.4) is 0 Å². The van der Waals surface area contributed by atoms with E-state index in [9.17, 15) is 4.79 Å². The molecular weight excluding hydrogens is 356 g/mol. The third-order valence-electron chi connectivity index (χ3n) is 5.37. The van der Waals surface area contributed by atoms with E-state index >= 15 is 0 Å². The summed E-state index contributed by atoms with van der Waals surface area (Å²) in [6.45, 7) is 0. The predicted molar refractivity (Wildman–Crippen MR) is 118 cm³/mol. The lowest BCUT2D eigenvalue weighted by atomic mass is 9.93. The van der Waals surface area contributed by atoms with Crippen LogP contribution >= 0.6 is 0 Å². The molecule has 140 valence electrons. The van der Waals surface area contributed by atoms with Gasteiger partial charge in [-0.25, -0.2) is 0 Å². The van der Waals surface area contributed by atoms with Crippen LogP contribution in [0.1, 0.15) is 22.3 Å². The van der Waals surface area contributed by atoms with E-state index in [4.69, 9.17) is 4.42 Å². The molecule has 0 bridgehead atoms. The first-order valence-corrected chi connectivity index (χ1v) is 9.83. The second-order valence-corrected chi connectivity index (χ2v) is 7.37. The molecule has 0 N–H and O–H groups in total. The Labute approximate surface area is 169 Å². The largest absolute Gasteiger partial charge is 0.456 e. The van der Waals surface area contributed by atoms with Crippen LogP contribution in [0.2, 0.25) is 0 Å². The fraction of sp³-hybridized carbons (Fsp3) is 0.0741. The van der Waals surface area contributed by atoms with Crippen LogP contribution in [0, 0.1) is 0 Å². The van der Waals surface area contributed by atoms with E-state index in [1.165, 1.54) is 16.7 Å². The fourth-order valence-electron chi connectivity index (χ4n) is 3.90. The van der Waals surface area contributed by atoms with E-state index in [0.29, 0.717) is 21.9 Å². The highest BCUT2D eigenvalue weighted by molar-refractivity contribution is 5.90. The van der Waals surface area contributed by atoms with Crippen LogP contribution in [0.4, 0.5) is 0 Å². The summed E-state index contributed by atoms with van der Waals surface area (Å²) in [5.74, 6) is 0. The van der Waals surface area contributed by atoms with Crippen molar-refractivity contribution >= 4 is 21.9 Å². The van der Waals surface area contributed by atoms with Crippen molar-refractivity contribution in [3.05, 3.63) is 130 Å². The summed E-state index contributed by atoms with van der Waals surface area (Å²) < 4.78 is 6.11. The van der Waals surface area contributed by atoms with Crippen LogP contribution in [0.15, 0.2) is 106 Å². The molecule has 0 fully saturated rings. The first kappa shape index (κ1) is 17.4. The molecule has 2 nitrogen and oxygen atoms in total. The molecule has 0 unspecified atom stereocenters. The van der Waals surface area contributed by atoms with Crippen LogP contribution < -0.4 is 5.43 Å². The van der Waals surface area contributed by atoms with Gasteiger partial charge in [-0.05, 0) is 59.4 Å². The molecule has 0 spiro atoms. The van der Waals surface area contributed by atoms with Gasteiger partial charge in [0.15, 0.2) is 0 Å². The van der Waals surface area contributed by atoms with Gasteiger partial charge in [0.2, 0.25) is 5.43 Å². The van der Waals surface area contributed by atoms with Gasteiger partial charge in [0.05, 0.1) is 10.8 Å². The van der Waals surface area contributed by atoms with Gasteiger partial charge in [0.1, 0.15) is 11.2 Å². The third-order valence-corrected chi connectivity index (χ3v) is 5.37. The highest BCUT2D eigenvalue weighted by Crippen LogP contribution is 2.26. The van der Waals surface area contributed by atoms with Crippen molar-refractivity contribution in [1.29, 1.82) is 0 Å². The maximum Gasteiger partial charge on any atom is 0.200 e. The molecule has 2 heteroatoms. The van der Waals surface area contributed by atoms with Crippen LogP contribution in [-0.2, 0) is 12.8 Å². The van der Waals surface area contributed by atoms with E-state index in [-0.39, 0.29) is 5.43 Å². The fourth-order valence-corrected chi connectivity index (χ4v) is 3.90. The van der Waals surface area contributed by atoms with Gasteiger partial charge in [-0.3, -0.25) is 4.79 Å². The van der Waals surface area contributed by atoms with Crippen molar-refractivity contribution < 1.29 is 4.42 Å². The molecule has 5 rings (SSSR count). The van der Waals surface area contributed by atoms with Gasteiger partial charge in [0.25, 0.3) is 0 Å². The molecule has 0 radical (unpaired) electrons. The maximum absolute atomic E-state index is 13.1. The van der Waals surface area contributed by atoms with Gasteiger partial charge >= 0.3 is 0 Å². The Morgan fingerprint density at radius 2 is 1.10 bits per heavy atom. The van der Waals surface area contributed by atoms with E-state index in [2.05, 4.69) is 54.6 Å². The monoisotopic (exact) mass is 376 g/mol. The minimum Gasteiger partial charge on any atom is -0.456 e. The molecular formula is C27H20O2. The molecule has 0 amide bonds. The van der Waals surface area contributed by atoms with Gasteiger partial charge < -0.3 is 4.42 Å². The highest BCUT2D eigenvalue weighted by Gasteiger charge is 2.13. The standard InChI is InChI=1S/C27H20O2/c28-27-23-13-7-8-14-25(23)29-26-18-22(16-20-11-5-2-6-12-20)21(17-24(26)27)15-19-9-3-1-4-10-19/h1-14,17-18H,15-16H2. The molecule has 5 aromatic rings. The van der Waals surface area contributed by atoms with Crippen molar-refractivity contribution in [2.24, 2.45) is 0 Å². The van der Waals surface area contributed by atoms with Crippen molar-refractivity contribution in [3.8, 4) is 0 Å². The second-order valence-electron chi connectivity index (χ2n) is 7.37. The third kappa shape index (κ3) is 3.45. The van der Waals surface area contributed by atoms with Gasteiger partial charge in [-0.1, -0.05) is 72.8 Å². The highest BCUT2D eigenvalue weighted by atomic mass is 16.3. The van der Waals surface area contributed by atoms with E-state index in [0.717, 1.165) is 18.4 Å². The van der Waals surface area contributed by atoms with Gasteiger partial charge in [0, 0.05) is 0 Å². The molecule has 1 aromatic heterocycles. The number of benzene rings is 4. The lowest BCUT2D eigenvalue weighted by molar-refractivity contribution is 0.659. The van der Waals surface area contributed by atoms with Gasteiger partial charge in [-0.2, -0.15) is 0 Å². The van der Waals surface area contributed by atoms with Crippen molar-refractivity contribution in [3.63, 3.8) is 0 Å². The zero-order valence-electron chi connectivity index (χ0n) is 16.0.